The van der Waals surface area contributed by atoms with Crippen LogP contribution in [-0.4, -0.2) is 0 Å². The summed E-state index contributed by atoms with van der Waals surface area (Å²) in [5, 5.41) is 7.22. The van der Waals surface area contributed by atoms with Gasteiger partial charge in [0.25, 0.3) is 0 Å². The van der Waals surface area contributed by atoms with E-state index >= 15 is 0 Å². The van der Waals surface area contributed by atoms with Crippen molar-refractivity contribution in [2.75, 3.05) is 0 Å². The second-order valence-corrected chi connectivity index (χ2v) is 7.69. The summed E-state index contributed by atoms with van der Waals surface area (Å²) in [7, 11) is 0. The third-order valence-corrected chi connectivity index (χ3v) is 5.50. The Hall–Kier alpha value is -1.62. The average Bonchev–Trinajstić information content (AvgIpc) is 3.03. The highest BCUT2D eigenvalue weighted by atomic mass is 35.5. The second-order valence-electron chi connectivity index (χ2n) is 6.31. The highest BCUT2D eigenvalue weighted by Gasteiger charge is 2.17. The third kappa shape index (κ3) is 3.56. The van der Waals surface area contributed by atoms with Crippen molar-refractivity contribution in [1.29, 1.82) is 0 Å². The topological polar surface area (TPSA) is 42.2 Å². The average molecular weight is 362 g/mol. The number of benzene rings is 1. The van der Waals surface area contributed by atoms with Gasteiger partial charge in [0, 0.05) is 33.9 Å². The van der Waals surface area contributed by atoms with E-state index in [9.17, 15) is 4.79 Å². The maximum absolute atomic E-state index is 11.9. The van der Waals surface area contributed by atoms with Crippen LogP contribution < -0.4 is 10.9 Å². The number of nitrogens with one attached hydrogen (secondary N) is 1. The molecule has 2 heterocycles. The van der Waals surface area contributed by atoms with Gasteiger partial charge in [-0.15, -0.1) is 11.3 Å². The largest absolute Gasteiger partial charge is 0.423 e. The molecular formula is C19H20ClNO2S. The van der Waals surface area contributed by atoms with Gasteiger partial charge in [0.1, 0.15) is 5.58 Å². The molecule has 0 aliphatic carbocycles. The first-order chi connectivity index (χ1) is 11.5. The van der Waals surface area contributed by atoms with Gasteiger partial charge in [0.2, 0.25) is 0 Å². The van der Waals surface area contributed by atoms with E-state index in [-0.39, 0.29) is 11.7 Å². The van der Waals surface area contributed by atoms with Gasteiger partial charge in [0.05, 0.1) is 0 Å². The molecule has 0 spiro atoms. The summed E-state index contributed by atoms with van der Waals surface area (Å²) < 4.78 is 5.32. The summed E-state index contributed by atoms with van der Waals surface area (Å²) in [6, 6.07) is 9.69. The fraction of sp³-hybridized carbons (Fsp3) is 0.316. The molecule has 24 heavy (non-hydrogen) atoms. The predicted octanol–water partition coefficient (Wildman–Crippen LogP) is 5.30. The standard InChI is InChI=1S/C19H20ClNO2S/c1-11(2)19(17-5-4-6-24-17)21-10-13-8-18(22)23-16-7-12(3)15(20)9-14(13)16/h4-9,11,19,21H,10H2,1-3H3/t19-/m0/s1. The van der Waals surface area contributed by atoms with E-state index in [4.69, 9.17) is 16.0 Å². The van der Waals surface area contributed by atoms with Crippen LogP contribution in [0.2, 0.25) is 5.02 Å². The maximum atomic E-state index is 11.9. The molecule has 0 bridgehead atoms. The van der Waals surface area contributed by atoms with E-state index in [2.05, 4.69) is 36.7 Å². The second kappa shape index (κ2) is 7.09. The van der Waals surface area contributed by atoms with Crippen molar-refractivity contribution < 1.29 is 4.42 Å². The molecule has 3 rings (SSSR count). The van der Waals surface area contributed by atoms with Crippen molar-refractivity contribution in [3.05, 3.63) is 67.2 Å². The van der Waals surface area contributed by atoms with E-state index in [0.29, 0.717) is 23.1 Å². The minimum atomic E-state index is -0.335. The first kappa shape index (κ1) is 17.2. The first-order valence-electron chi connectivity index (χ1n) is 7.95. The Kier molecular flexibility index (Phi) is 5.09. The number of hydrogen-bond acceptors (Lipinski definition) is 4. The van der Waals surface area contributed by atoms with E-state index < -0.39 is 0 Å². The lowest BCUT2D eigenvalue weighted by Crippen LogP contribution is -2.25. The number of hydrogen-bond donors (Lipinski definition) is 1. The summed E-state index contributed by atoms with van der Waals surface area (Å²) in [6.07, 6.45) is 0. The summed E-state index contributed by atoms with van der Waals surface area (Å²) in [6.45, 7) is 6.87. The van der Waals surface area contributed by atoms with Crippen LogP contribution in [0.3, 0.4) is 0 Å². The highest BCUT2D eigenvalue weighted by molar-refractivity contribution is 7.10. The van der Waals surface area contributed by atoms with Gasteiger partial charge in [-0.3, -0.25) is 0 Å². The zero-order chi connectivity index (χ0) is 17.3. The van der Waals surface area contributed by atoms with Crippen LogP contribution in [0.5, 0.6) is 0 Å². The van der Waals surface area contributed by atoms with Crippen molar-refractivity contribution in [3.63, 3.8) is 0 Å². The van der Waals surface area contributed by atoms with Gasteiger partial charge in [-0.1, -0.05) is 31.5 Å². The molecule has 1 aromatic carbocycles. The molecule has 126 valence electrons. The first-order valence-corrected chi connectivity index (χ1v) is 9.21. The molecule has 0 aliphatic rings. The summed E-state index contributed by atoms with van der Waals surface area (Å²) >= 11 is 8.00. The van der Waals surface area contributed by atoms with Gasteiger partial charge < -0.3 is 9.73 Å². The lowest BCUT2D eigenvalue weighted by Gasteiger charge is -2.21. The number of halogens is 1. The van der Waals surface area contributed by atoms with Crippen LogP contribution in [0.1, 0.15) is 35.9 Å². The minimum Gasteiger partial charge on any atom is -0.423 e. The van der Waals surface area contributed by atoms with Crippen molar-refractivity contribution in [2.24, 2.45) is 5.92 Å². The summed E-state index contributed by atoms with van der Waals surface area (Å²) in [4.78, 5) is 13.2. The van der Waals surface area contributed by atoms with Crippen LogP contribution in [0.15, 0.2) is 44.9 Å². The summed E-state index contributed by atoms with van der Waals surface area (Å²) in [5.41, 5.74) is 2.05. The third-order valence-electron chi connectivity index (χ3n) is 4.14. The van der Waals surface area contributed by atoms with Crippen LogP contribution in [0.25, 0.3) is 11.0 Å². The molecule has 3 aromatic rings. The van der Waals surface area contributed by atoms with Gasteiger partial charge in [-0.25, -0.2) is 4.79 Å². The molecule has 1 N–H and O–H groups in total. The lowest BCUT2D eigenvalue weighted by molar-refractivity contribution is 0.416. The van der Waals surface area contributed by atoms with Crippen molar-refractivity contribution in [2.45, 2.75) is 33.4 Å². The van der Waals surface area contributed by atoms with Gasteiger partial charge in [-0.05, 0) is 47.5 Å². The SMILES string of the molecule is Cc1cc2oc(=O)cc(CN[C@H](c3cccs3)C(C)C)c2cc1Cl. The molecule has 3 nitrogen and oxygen atoms in total. The fourth-order valence-corrected chi connectivity index (χ4v) is 3.98. The molecule has 0 aliphatic heterocycles. The van der Waals surface area contributed by atoms with Crippen LogP contribution in [-0.2, 0) is 6.54 Å². The fourth-order valence-electron chi connectivity index (χ4n) is 2.85. The molecular weight excluding hydrogens is 342 g/mol. The van der Waals surface area contributed by atoms with E-state index in [1.54, 1.807) is 17.4 Å². The minimum absolute atomic E-state index is 0.244. The molecule has 1 atom stereocenters. The Morgan fingerprint density at radius 3 is 2.75 bits per heavy atom. The van der Waals surface area contributed by atoms with Crippen molar-refractivity contribution in [1.82, 2.24) is 5.32 Å². The van der Waals surface area contributed by atoms with E-state index in [1.807, 2.05) is 19.1 Å². The molecule has 2 aromatic heterocycles. The molecule has 0 saturated heterocycles. The molecule has 0 amide bonds. The molecule has 0 fully saturated rings. The molecule has 5 heteroatoms. The quantitative estimate of drug-likeness (QED) is 0.627. The van der Waals surface area contributed by atoms with Gasteiger partial charge in [-0.2, -0.15) is 0 Å². The van der Waals surface area contributed by atoms with Crippen LogP contribution >= 0.6 is 22.9 Å². The highest BCUT2D eigenvalue weighted by Crippen LogP contribution is 2.28. The predicted molar refractivity (Wildman–Crippen MR) is 101 cm³/mol. The molecule has 0 unspecified atom stereocenters. The number of rotatable bonds is 5. The van der Waals surface area contributed by atoms with Crippen molar-refractivity contribution in [3.8, 4) is 0 Å². The smallest absolute Gasteiger partial charge is 0.336 e. The van der Waals surface area contributed by atoms with E-state index in [1.165, 1.54) is 4.88 Å². The van der Waals surface area contributed by atoms with Gasteiger partial charge >= 0.3 is 5.63 Å². The molecule has 0 saturated carbocycles. The maximum Gasteiger partial charge on any atom is 0.336 e. The van der Waals surface area contributed by atoms with Crippen molar-refractivity contribution >= 4 is 33.9 Å². The number of thiophene rings is 1. The Morgan fingerprint density at radius 2 is 2.08 bits per heavy atom. The monoisotopic (exact) mass is 361 g/mol. The summed E-state index contributed by atoms with van der Waals surface area (Å²) in [5.74, 6) is 0.445. The van der Waals surface area contributed by atoms with Crippen LogP contribution in [0, 0.1) is 12.8 Å². The Labute approximate surface area is 150 Å². The zero-order valence-electron chi connectivity index (χ0n) is 13.9. The Morgan fingerprint density at radius 1 is 1.29 bits per heavy atom. The van der Waals surface area contributed by atoms with Gasteiger partial charge in [0.15, 0.2) is 0 Å². The number of aryl methyl sites for hydroxylation is 1. The Balaban J connectivity index is 1.94. The zero-order valence-corrected chi connectivity index (χ0v) is 15.5. The normalized spacial score (nSPS) is 12.9. The van der Waals surface area contributed by atoms with Crippen LogP contribution in [0.4, 0.5) is 0 Å². The molecule has 0 radical (unpaired) electrons. The lowest BCUT2D eigenvalue weighted by atomic mass is 10.0. The van der Waals surface area contributed by atoms with E-state index in [0.717, 1.165) is 16.5 Å². The number of fused-ring (bicyclic) bond motifs is 1. The Bertz CT molecular complexity index is 900.